The molecule has 5 nitrogen and oxygen atoms in total. The summed E-state index contributed by atoms with van der Waals surface area (Å²) in [4.78, 5) is 11.5. The van der Waals surface area contributed by atoms with E-state index >= 15 is 0 Å². The second-order valence-corrected chi connectivity index (χ2v) is 6.42. The molecule has 0 fully saturated rings. The molecule has 0 saturated carbocycles. The number of hydrogen-bond donors (Lipinski definition) is 1. The van der Waals surface area contributed by atoms with Crippen molar-refractivity contribution in [2.75, 3.05) is 11.9 Å². The maximum atomic E-state index is 13.3. The Labute approximate surface area is 164 Å². The predicted molar refractivity (Wildman–Crippen MR) is 93.1 cm³/mol. The minimum Gasteiger partial charge on any atom is -0.482 e. The number of alkyl halides is 6. The fourth-order valence-electron chi connectivity index (χ4n) is 2.96. The van der Waals surface area contributed by atoms with E-state index in [9.17, 15) is 31.1 Å². The van der Waals surface area contributed by atoms with Crippen LogP contribution < -0.4 is 10.1 Å². The summed E-state index contributed by atoms with van der Waals surface area (Å²) in [7, 11) is 0. The summed E-state index contributed by atoms with van der Waals surface area (Å²) in [6, 6.07) is 8.71. The molecule has 0 spiro atoms. The monoisotopic (exact) mass is 427 g/mol. The Morgan fingerprint density at radius 1 is 0.933 bits per heavy atom. The molecule has 0 atom stereocenters. The summed E-state index contributed by atoms with van der Waals surface area (Å²) in [6.07, 6.45) is -9.35. The highest BCUT2D eigenvalue weighted by Crippen LogP contribution is 2.37. The van der Waals surface area contributed by atoms with Crippen molar-refractivity contribution in [2.45, 2.75) is 12.4 Å². The van der Waals surface area contributed by atoms with Gasteiger partial charge in [-0.3, -0.25) is 4.79 Å². The zero-order valence-corrected chi connectivity index (χ0v) is 14.8. The van der Waals surface area contributed by atoms with E-state index in [1.54, 1.807) is 0 Å². The van der Waals surface area contributed by atoms with Crippen LogP contribution in [0.25, 0.3) is 16.9 Å². The van der Waals surface area contributed by atoms with Gasteiger partial charge in [0.25, 0.3) is 5.91 Å². The predicted octanol–water partition coefficient (Wildman–Crippen LogP) is 4.91. The smallest absolute Gasteiger partial charge is 0.435 e. The third kappa shape index (κ3) is 3.70. The van der Waals surface area contributed by atoms with Crippen molar-refractivity contribution >= 4 is 11.6 Å². The first-order chi connectivity index (χ1) is 14.0. The number of ether oxygens (including phenoxy) is 1. The summed E-state index contributed by atoms with van der Waals surface area (Å²) >= 11 is 0. The molecule has 0 radical (unpaired) electrons. The summed E-state index contributed by atoms with van der Waals surface area (Å²) in [5.74, 6) is -0.0816. The number of halogens is 6. The molecule has 0 saturated heterocycles. The van der Waals surface area contributed by atoms with Crippen LogP contribution in [-0.2, 0) is 17.1 Å². The van der Waals surface area contributed by atoms with Crippen LogP contribution in [0.4, 0.5) is 32.0 Å². The van der Waals surface area contributed by atoms with Gasteiger partial charge in [-0.25, -0.2) is 4.68 Å². The van der Waals surface area contributed by atoms with Gasteiger partial charge in [0, 0.05) is 5.56 Å². The molecule has 1 aliphatic heterocycles. The molecule has 156 valence electrons. The molecule has 4 rings (SSSR count). The minimum absolute atomic E-state index is 0.00602. The van der Waals surface area contributed by atoms with Crippen LogP contribution in [0.15, 0.2) is 48.5 Å². The van der Waals surface area contributed by atoms with E-state index in [2.05, 4.69) is 10.4 Å². The van der Waals surface area contributed by atoms with Gasteiger partial charge in [0.1, 0.15) is 5.75 Å². The number of aromatic nitrogens is 2. The number of carbonyl (C=O) groups excluding carboxylic acids is 1. The van der Waals surface area contributed by atoms with E-state index in [1.165, 1.54) is 18.2 Å². The van der Waals surface area contributed by atoms with Crippen molar-refractivity contribution in [2.24, 2.45) is 0 Å². The Morgan fingerprint density at radius 3 is 2.27 bits per heavy atom. The molecule has 11 heteroatoms. The highest BCUT2D eigenvalue weighted by molar-refractivity contribution is 5.96. The first-order valence-electron chi connectivity index (χ1n) is 8.44. The SMILES string of the molecule is O=C1COc2ccc(-c3cc(C(F)(F)F)nn3-c3ccc(C(F)(F)F)cc3)cc2N1. The standard InChI is InChI=1S/C19H11F6N3O2/c20-18(21,22)11-2-4-12(5-3-11)28-14(8-16(27-28)19(23,24)25)10-1-6-15-13(7-10)26-17(29)9-30-15/h1-8H,9H2,(H,26,29). The van der Waals surface area contributed by atoms with Crippen LogP contribution in [0.2, 0.25) is 0 Å². The molecular formula is C19H11F6N3O2. The Balaban J connectivity index is 1.83. The molecular weight excluding hydrogens is 416 g/mol. The molecule has 1 aliphatic rings. The van der Waals surface area contributed by atoms with Gasteiger partial charge in [-0.1, -0.05) is 0 Å². The molecule has 0 unspecified atom stereocenters. The fourth-order valence-corrected chi connectivity index (χ4v) is 2.96. The number of benzene rings is 2. The molecule has 1 aromatic heterocycles. The first kappa shape index (κ1) is 19.8. The van der Waals surface area contributed by atoms with Gasteiger partial charge in [-0.2, -0.15) is 31.4 Å². The third-order valence-electron chi connectivity index (χ3n) is 4.35. The Kier molecular flexibility index (Phi) is 4.48. The van der Waals surface area contributed by atoms with Gasteiger partial charge >= 0.3 is 12.4 Å². The van der Waals surface area contributed by atoms with Gasteiger partial charge in [-0.15, -0.1) is 0 Å². The average Bonchev–Trinajstić information content (AvgIpc) is 3.13. The van der Waals surface area contributed by atoms with Crippen LogP contribution in [-0.4, -0.2) is 22.3 Å². The molecule has 0 aliphatic carbocycles. The van der Waals surface area contributed by atoms with E-state index in [-0.39, 0.29) is 29.2 Å². The summed E-state index contributed by atoms with van der Waals surface area (Å²) in [5.41, 5.74) is -1.66. The highest BCUT2D eigenvalue weighted by atomic mass is 19.4. The summed E-state index contributed by atoms with van der Waals surface area (Å²) in [5, 5.41) is 6.09. The Morgan fingerprint density at radius 2 is 1.63 bits per heavy atom. The van der Waals surface area contributed by atoms with Crippen molar-refractivity contribution in [3.05, 3.63) is 59.8 Å². The zero-order valence-electron chi connectivity index (χ0n) is 14.8. The zero-order chi connectivity index (χ0) is 21.7. The van der Waals surface area contributed by atoms with Gasteiger partial charge in [0.2, 0.25) is 0 Å². The normalized spacial score (nSPS) is 14.1. The maximum Gasteiger partial charge on any atom is 0.435 e. The largest absolute Gasteiger partial charge is 0.482 e. The number of amides is 1. The van der Waals surface area contributed by atoms with E-state index in [4.69, 9.17) is 4.74 Å². The quantitative estimate of drug-likeness (QED) is 0.592. The minimum atomic E-state index is -4.77. The topological polar surface area (TPSA) is 56.1 Å². The number of carbonyl (C=O) groups is 1. The van der Waals surface area contributed by atoms with Gasteiger partial charge in [0.05, 0.1) is 22.6 Å². The molecule has 2 aromatic carbocycles. The van der Waals surface area contributed by atoms with E-state index in [0.717, 1.165) is 35.0 Å². The summed E-state index contributed by atoms with van der Waals surface area (Å²) < 4.78 is 84.3. The van der Waals surface area contributed by atoms with Crippen LogP contribution in [0.5, 0.6) is 5.75 Å². The lowest BCUT2D eigenvalue weighted by Crippen LogP contribution is -2.25. The number of rotatable bonds is 2. The van der Waals surface area contributed by atoms with Gasteiger partial charge in [0.15, 0.2) is 12.3 Å². The van der Waals surface area contributed by atoms with E-state index in [0.29, 0.717) is 5.75 Å². The van der Waals surface area contributed by atoms with E-state index in [1.807, 2.05) is 0 Å². The van der Waals surface area contributed by atoms with Crippen molar-refractivity contribution in [1.29, 1.82) is 0 Å². The van der Waals surface area contributed by atoms with Gasteiger partial charge < -0.3 is 10.1 Å². The molecule has 2 heterocycles. The first-order valence-corrected chi connectivity index (χ1v) is 8.44. The number of nitrogens with one attached hydrogen (secondary N) is 1. The number of anilines is 1. The maximum absolute atomic E-state index is 13.3. The lowest BCUT2D eigenvalue weighted by Gasteiger charge is -2.18. The second kappa shape index (κ2) is 6.78. The number of nitrogens with zero attached hydrogens (tertiary/aromatic N) is 2. The van der Waals surface area contributed by atoms with Gasteiger partial charge in [-0.05, 0) is 48.5 Å². The second-order valence-electron chi connectivity index (χ2n) is 6.42. The van der Waals surface area contributed by atoms with Crippen molar-refractivity contribution in [3.8, 4) is 22.7 Å². The Hall–Kier alpha value is -3.50. The van der Waals surface area contributed by atoms with Crippen LogP contribution in [0, 0.1) is 0 Å². The lowest BCUT2D eigenvalue weighted by atomic mass is 10.1. The molecule has 1 N–H and O–H groups in total. The molecule has 1 amide bonds. The fraction of sp³-hybridized carbons (Fsp3) is 0.158. The van der Waals surface area contributed by atoms with Crippen LogP contribution >= 0.6 is 0 Å². The number of fused-ring (bicyclic) bond motifs is 1. The molecule has 3 aromatic rings. The lowest BCUT2D eigenvalue weighted by molar-refractivity contribution is -0.141. The van der Waals surface area contributed by atoms with Crippen molar-refractivity contribution in [3.63, 3.8) is 0 Å². The van der Waals surface area contributed by atoms with Crippen molar-refractivity contribution < 1.29 is 35.9 Å². The average molecular weight is 427 g/mol. The van der Waals surface area contributed by atoms with Crippen LogP contribution in [0.3, 0.4) is 0 Å². The van der Waals surface area contributed by atoms with E-state index < -0.39 is 29.5 Å². The highest BCUT2D eigenvalue weighted by Gasteiger charge is 2.36. The van der Waals surface area contributed by atoms with Crippen molar-refractivity contribution in [1.82, 2.24) is 9.78 Å². The number of hydrogen-bond acceptors (Lipinski definition) is 3. The molecule has 30 heavy (non-hydrogen) atoms. The molecule has 0 bridgehead atoms. The van der Waals surface area contributed by atoms with Crippen LogP contribution in [0.1, 0.15) is 11.3 Å². The summed E-state index contributed by atoms with van der Waals surface area (Å²) in [6.45, 7) is -0.186. The Bertz CT molecular complexity index is 1120. The third-order valence-corrected chi connectivity index (χ3v) is 4.35.